The minimum Gasteiger partial charge on any atom is -0.439 e. The van der Waals surface area contributed by atoms with Crippen LogP contribution in [0.5, 0.6) is 0 Å². The molecule has 0 N–H and O–H groups in total. The van der Waals surface area contributed by atoms with Crippen molar-refractivity contribution in [3.63, 3.8) is 0 Å². The summed E-state index contributed by atoms with van der Waals surface area (Å²) in [6.07, 6.45) is -3.96. The van der Waals surface area contributed by atoms with Gasteiger partial charge in [-0.05, 0) is 19.1 Å². The lowest BCUT2D eigenvalue weighted by Gasteiger charge is -2.11. The molecule has 25 heavy (non-hydrogen) atoms. The Hall–Kier alpha value is -3.15. The van der Waals surface area contributed by atoms with Gasteiger partial charge in [-0.15, -0.1) is 0 Å². The molecule has 0 saturated carbocycles. The van der Waals surface area contributed by atoms with Crippen LogP contribution >= 0.6 is 0 Å². The maximum absolute atomic E-state index is 13.3. The molecule has 0 aliphatic heterocycles. The van der Waals surface area contributed by atoms with Gasteiger partial charge in [-0.2, -0.15) is 23.5 Å². The van der Waals surface area contributed by atoms with Crippen molar-refractivity contribution in [3.05, 3.63) is 47.6 Å². The van der Waals surface area contributed by atoms with Crippen molar-refractivity contribution >= 4 is 16.9 Å². The number of alkyl halides is 3. The third-order valence-corrected chi connectivity index (χ3v) is 3.62. The highest BCUT2D eigenvalue weighted by molar-refractivity contribution is 6.03. The summed E-state index contributed by atoms with van der Waals surface area (Å²) in [5.41, 5.74) is -1.11. The number of carbonyl (C=O) groups excluding carboxylic acids is 1. The summed E-state index contributed by atoms with van der Waals surface area (Å²) in [5.74, 6) is -2.89. The van der Waals surface area contributed by atoms with E-state index in [1.165, 1.54) is 6.92 Å². The first-order chi connectivity index (χ1) is 11.9. The SMILES string of the molecule is CCn1ncc(C(=O)C(C#N)c2nc3ccccc3o2)c1C(F)(F)F. The fraction of sp³-hybridized carbons (Fsp3) is 0.250. The highest BCUT2D eigenvalue weighted by Gasteiger charge is 2.42. The fourth-order valence-corrected chi connectivity index (χ4v) is 2.50. The number of Topliss-reactive ketones (excluding diaryl/α,β-unsaturated/α-hetero) is 1. The van der Waals surface area contributed by atoms with Crippen LogP contribution in [0.3, 0.4) is 0 Å². The van der Waals surface area contributed by atoms with Crippen molar-refractivity contribution in [3.8, 4) is 6.07 Å². The lowest BCUT2D eigenvalue weighted by Crippen LogP contribution is -2.20. The predicted molar refractivity (Wildman–Crippen MR) is 79.6 cm³/mol. The Labute approximate surface area is 139 Å². The monoisotopic (exact) mass is 348 g/mol. The van der Waals surface area contributed by atoms with Gasteiger partial charge in [0.25, 0.3) is 0 Å². The molecule has 3 rings (SSSR count). The third kappa shape index (κ3) is 2.87. The van der Waals surface area contributed by atoms with E-state index >= 15 is 0 Å². The topological polar surface area (TPSA) is 84.7 Å². The molecular weight excluding hydrogens is 337 g/mol. The van der Waals surface area contributed by atoms with Crippen LogP contribution in [0.2, 0.25) is 0 Å². The summed E-state index contributed by atoms with van der Waals surface area (Å²) < 4.78 is 45.9. The molecule has 0 amide bonds. The van der Waals surface area contributed by atoms with E-state index in [1.807, 2.05) is 0 Å². The first-order valence-electron chi connectivity index (χ1n) is 7.29. The molecule has 0 fully saturated rings. The molecule has 0 bridgehead atoms. The molecule has 1 unspecified atom stereocenters. The number of nitrogens with zero attached hydrogens (tertiary/aromatic N) is 4. The first kappa shape index (κ1) is 16.7. The van der Waals surface area contributed by atoms with Crippen LogP contribution in [0.25, 0.3) is 11.1 Å². The molecule has 0 aliphatic rings. The summed E-state index contributed by atoms with van der Waals surface area (Å²) >= 11 is 0. The van der Waals surface area contributed by atoms with Gasteiger partial charge in [0, 0.05) is 6.54 Å². The van der Waals surface area contributed by atoms with E-state index in [9.17, 15) is 23.2 Å². The average Bonchev–Trinajstić information content (AvgIpc) is 3.18. The molecule has 1 atom stereocenters. The second kappa shape index (κ2) is 6.05. The summed E-state index contributed by atoms with van der Waals surface area (Å²) in [6.45, 7) is 1.40. The maximum Gasteiger partial charge on any atom is 0.433 e. The van der Waals surface area contributed by atoms with Gasteiger partial charge in [-0.3, -0.25) is 9.48 Å². The third-order valence-electron chi connectivity index (χ3n) is 3.62. The zero-order chi connectivity index (χ0) is 18.2. The minimum absolute atomic E-state index is 0.0672. The maximum atomic E-state index is 13.3. The smallest absolute Gasteiger partial charge is 0.433 e. The number of nitriles is 1. The second-order valence-electron chi connectivity index (χ2n) is 5.17. The molecule has 0 radical (unpaired) electrons. The van der Waals surface area contributed by atoms with Crippen LogP contribution in [0.15, 0.2) is 34.9 Å². The van der Waals surface area contributed by atoms with E-state index in [2.05, 4.69) is 10.1 Å². The number of rotatable bonds is 4. The Morgan fingerprint density at radius 1 is 1.40 bits per heavy atom. The number of ketones is 1. The number of carbonyl (C=O) groups is 1. The lowest BCUT2D eigenvalue weighted by molar-refractivity contribution is -0.144. The van der Waals surface area contributed by atoms with Gasteiger partial charge in [0.1, 0.15) is 5.52 Å². The Morgan fingerprint density at radius 2 is 2.12 bits per heavy atom. The lowest BCUT2D eigenvalue weighted by atomic mass is 9.99. The van der Waals surface area contributed by atoms with Gasteiger partial charge in [-0.25, -0.2) is 4.98 Å². The van der Waals surface area contributed by atoms with Gasteiger partial charge >= 0.3 is 6.18 Å². The highest BCUT2D eigenvalue weighted by atomic mass is 19.4. The minimum atomic E-state index is -4.78. The Kier molecular flexibility index (Phi) is 4.04. The molecule has 1 aromatic carbocycles. The van der Waals surface area contributed by atoms with E-state index < -0.39 is 29.1 Å². The number of hydrogen-bond donors (Lipinski definition) is 0. The summed E-state index contributed by atoms with van der Waals surface area (Å²) in [6, 6.07) is 8.23. The number of aryl methyl sites for hydroxylation is 1. The number of para-hydroxylation sites is 2. The molecule has 128 valence electrons. The predicted octanol–water partition coefficient (Wildman–Crippen LogP) is 3.55. The zero-order valence-corrected chi connectivity index (χ0v) is 12.9. The second-order valence-corrected chi connectivity index (χ2v) is 5.17. The number of oxazole rings is 1. The van der Waals surface area contributed by atoms with Crippen LogP contribution < -0.4 is 0 Å². The molecule has 2 aromatic heterocycles. The molecule has 0 aliphatic carbocycles. The highest BCUT2D eigenvalue weighted by Crippen LogP contribution is 2.34. The summed E-state index contributed by atoms with van der Waals surface area (Å²) in [5, 5.41) is 12.9. The van der Waals surface area contributed by atoms with Gasteiger partial charge in [0.15, 0.2) is 23.0 Å². The van der Waals surface area contributed by atoms with Crippen molar-refractivity contribution in [1.29, 1.82) is 5.26 Å². The standard InChI is InChI=1S/C16H11F3N4O2/c1-2-23-14(16(17,18)19)10(8-21-23)13(24)9(7-20)15-22-11-5-3-4-6-12(11)25-15/h3-6,8-9H,2H2,1H3. The van der Waals surface area contributed by atoms with Crippen molar-refractivity contribution < 1.29 is 22.4 Å². The van der Waals surface area contributed by atoms with Gasteiger partial charge < -0.3 is 4.42 Å². The normalized spacial score (nSPS) is 12.9. The van der Waals surface area contributed by atoms with E-state index in [4.69, 9.17) is 4.42 Å². The number of halogens is 3. The molecule has 3 aromatic rings. The molecule has 0 spiro atoms. The quantitative estimate of drug-likeness (QED) is 0.673. The van der Waals surface area contributed by atoms with Gasteiger partial charge in [0.05, 0.1) is 17.8 Å². The zero-order valence-electron chi connectivity index (χ0n) is 12.9. The largest absolute Gasteiger partial charge is 0.439 e. The van der Waals surface area contributed by atoms with Gasteiger partial charge in [-0.1, -0.05) is 12.1 Å². The summed E-state index contributed by atoms with van der Waals surface area (Å²) in [7, 11) is 0. The van der Waals surface area contributed by atoms with Crippen LogP contribution in [0.1, 0.15) is 34.8 Å². The average molecular weight is 348 g/mol. The van der Waals surface area contributed by atoms with E-state index in [0.29, 0.717) is 15.8 Å². The Balaban J connectivity index is 2.07. The van der Waals surface area contributed by atoms with Crippen LogP contribution in [0, 0.1) is 11.3 Å². The molecular formula is C16H11F3N4O2. The molecule has 6 nitrogen and oxygen atoms in total. The molecule has 0 saturated heterocycles. The Morgan fingerprint density at radius 3 is 2.72 bits per heavy atom. The van der Waals surface area contributed by atoms with Crippen LogP contribution in [-0.2, 0) is 12.7 Å². The van der Waals surface area contributed by atoms with E-state index in [-0.39, 0.29) is 12.4 Å². The van der Waals surface area contributed by atoms with Crippen molar-refractivity contribution in [1.82, 2.24) is 14.8 Å². The summed E-state index contributed by atoms with van der Waals surface area (Å²) in [4.78, 5) is 16.6. The molecule has 2 heterocycles. The Bertz CT molecular complexity index is 948. The van der Waals surface area contributed by atoms with Crippen molar-refractivity contribution in [2.24, 2.45) is 0 Å². The number of fused-ring (bicyclic) bond motifs is 1. The fourth-order valence-electron chi connectivity index (χ4n) is 2.50. The number of hydrogen-bond acceptors (Lipinski definition) is 5. The van der Waals surface area contributed by atoms with E-state index in [1.54, 1.807) is 30.3 Å². The van der Waals surface area contributed by atoms with Crippen LogP contribution in [0.4, 0.5) is 13.2 Å². The van der Waals surface area contributed by atoms with Gasteiger partial charge in [0.2, 0.25) is 5.89 Å². The number of aromatic nitrogens is 3. The molecule has 9 heteroatoms. The first-order valence-corrected chi connectivity index (χ1v) is 7.29. The number of benzene rings is 1. The van der Waals surface area contributed by atoms with Crippen LogP contribution in [-0.4, -0.2) is 20.5 Å². The van der Waals surface area contributed by atoms with Crippen molar-refractivity contribution in [2.75, 3.05) is 0 Å². The van der Waals surface area contributed by atoms with Crippen molar-refractivity contribution in [2.45, 2.75) is 25.6 Å². The van der Waals surface area contributed by atoms with E-state index in [0.717, 1.165) is 6.20 Å².